The number of nitrogens with zero attached hydrogens (tertiary/aromatic N) is 3. The van der Waals surface area contributed by atoms with Crippen LogP contribution < -0.4 is 5.32 Å². The van der Waals surface area contributed by atoms with Gasteiger partial charge in [0.25, 0.3) is 0 Å². The first kappa shape index (κ1) is 5.85. The molecule has 0 aliphatic carbocycles. The summed E-state index contributed by atoms with van der Waals surface area (Å²) in [5, 5.41) is 11.0. The second-order valence-corrected chi connectivity index (χ2v) is 2.63. The summed E-state index contributed by atoms with van der Waals surface area (Å²) in [6.07, 6.45) is 1.79. The van der Waals surface area contributed by atoms with E-state index in [1.807, 2.05) is 0 Å². The lowest BCUT2D eigenvalue weighted by Crippen LogP contribution is -2.31. The highest BCUT2D eigenvalue weighted by Crippen LogP contribution is 2.10. The van der Waals surface area contributed by atoms with Crippen LogP contribution >= 0.6 is 0 Å². The highest BCUT2D eigenvalue weighted by molar-refractivity contribution is 4.92. The van der Waals surface area contributed by atoms with E-state index in [4.69, 9.17) is 0 Å². The van der Waals surface area contributed by atoms with E-state index in [0.29, 0.717) is 6.04 Å². The van der Waals surface area contributed by atoms with Gasteiger partial charge in [0.2, 0.25) is 0 Å². The largest absolute Gasteiger partial charge is 0.312 e. The first-order chi connectivity index (χ1) is 4.88. The minimum atomic E-state index is 0.499. The lowest BCUT2D eigenvalue weighted by molar-refractivity contribution is 0.421. The summed E-state index contributed by atoms with van der Waals surface area (Å²) in [6.45, 7) is 4.02. The SMILES string of the molecule is C[C@@H]1CNCc2nncn21. The van der Waals surface area contributed by atoms with Crippen molar-refractivity contribution in [3.63, 3.8) is 0 Å². The summed E-state index contributed by atoms with van der Waals surface area (Å²) in [5.41, 5.74) is 0. The number of fused-ring (bicyclic) bond motifs is 1. The van der Waals surface area contributed by atoms with Crippen LogP contribution in [-0.4, -0.2) is 21.3 Å². The molecule has 1 N–H and O–H groups in total. The first-order valence-corrected chi connectivity index (χ1v) is 3.47. The van der Waals surface area contributed by atoms with Gasteiger partial charge in [-0.2, -0.15) is 0 Å². The zero-order valence-corrected chi connectivity index (χ0v) is 5.91. The molecule has 0 radical (unpaired) electrons. The van der Waals surface area contributed by atoms with Crippen LogP contribution in [0.25, 0.3) is 0 Å². The van der Waals surface area contributed by atoms with Crippen molar-refractivity contribution in [1.29, 1.82) is 0 Å². The van der Waals surface area contributed by atoms with Gasteiger partial charge in [-0.15, -0.1) is 10.2 Å². The van der Waals surface area contributed by atoms with Crippen LogP contribution in [0.2, 0.25) is 0 Å². The van der Waals surface area contributed by atoms with Crippen LogP contribution in [0, 0.1) is 0 Å². The van der Waals surface area contributed by atoms with Crippen LogP contribution in [0.5, 0.6) is 0 Å². The standard InChI is InChI=1S/C6H10N4/c1-5-2-7-3-6-9-8-4-10(5)6/h4-5,7H,2-3H2,1H3/t5-/m1/s1. The molecule has 0 amide bonds. The Hall–Kier alpha value is -0.900. The Morgan fingerprint density at radius 3 is 3.50 bits per heavy atom. The van der Waals surface area contributed by atoms with Gasteiger partial charge in [-0.05, 0) is 6.92 Å². The molecule has 1 atom stereocenters. The first-order valence-electron chi connectivity index (χ1n) is 3.47. The molecule has 0 bridgehead atoms. The van der Waals surface area contributed by atoms with Gasteiger partial charge in [0, 0.05) is 12.6 Å². The van der Waals surface area contributed by atoms with E-state index >= 15 is 0 Å². The van der Waals surface area contributed by atoms with E-state index in [-0.39, 0.29) is 0 Å². The van der Waals surface area contributed by atoms with E-state index in [0.717, 1.165) is 18.9 Å². The maximum Gasteiger partial charge on any atom is 0.147 e. The van der Waals surface area contributed by atoms with Gasteiger partial charge < -0.3 is 9.88 Å². The van der Waals surface area contributed by atoms with Crippen molar-refractivity contribution in [2.75, 3.05) is 6.54 Å². The quantitative estimate of drug-likeness (QED) is 0.546. The molecule has 4 heteroatoms. The average Bonchev–Trinajstić information content (AvgIpc) is 2.36. The molecule has 0 saturated heterocycles. The minimum absolute atomic E-state index is 0.499. The molecule has 1 aliphatic heterocycles. The molecule has 1 aromatic rings. The van der Waals surface area contributed by atoms with E-state index in [1.54, 1.807) is 6.33 Å². The summed E-state index contributed by atoms with van der Waals surface area (Å²) < 4.78 is 2.11. The summed E-state index contributed by atoms with van der Waals surface area (Å²) in [4.78, 5) is 0. The number of aromatic nitrogens is 3. The zero-order chi connectivity index (χ0) is 6.97. The van der Waals surface area contributed by atoms with Gasteiger partial charge in [-0.25, -0.2) is 0 Å². The molecule has 2 heterocycles. The van der Waals surface area contributed by atoms with Crippen LogP contribution in [0.15, 0.2) is 6.33 Å². The molecule has 1 aliphatic rings. The Bertz CT molecular complexity index is 229. The van der Waals surface area contributed by atoms with Crippen LogP contribution in [0.3, 0.4) is 0 Å². The number of hydrogen-bond acceptors (Lipinski definition) is 3. The Labute approximate surface area is 59.3 Å². The van der Waals surface area contributed by atoms with Gasteiger partial charge in [0.05, 0.1) is 6.54 Å². The number of rotatable bonds is 0. The zero-order valence-electron chi connectivity index (χ0n) is 5.91. The monoisotopic (exact) mass is 138 g/mol. The van der Waals surface area contributed by atoms with Crippen molar-refractivity contribution in [2.24, 2.45) is 0 Å². The van der Waals surface area contributed by atoms with Crippen molar-refractivity contribution < 1.29 is 0 Å². The third-order valence-corrected chi connectivity index (χ3v) is 1.84. The van der Waals surface area contributed by atoms with Crippen molar-refractivity contribution in [1.82, 2.24) is 20.1 Å². The van der Waals surface area contributed by atoms with Crippen molar-refractivity contribution in [3.8, 4) is 0 Å². The van der Waals surface area contributed by atoms with Gasteiger partial charge >= 0.3 is 0 Å². The van der Waals surface area contributed by atoms with Gasteiger partial charge in [0.15, 0.2) is 0 Å². The van der Waals surface area contributed by atoms with Crippen molar-refractivity contribution in [2.45, 2.75) is 19.5 Å². The third-order valence-electron chi connectivity index (χ3n) is 1.84. The highest BCUT2D eigenvalue weighted by atomic mass is 15.3. The predicted molar refractivity (Wildman–Crippen MR) is 36.4 cm³/mol. The smallest absolute Gasteiger partial charge is 0.147 e. The summed E-state index contributed by atoms with van der Waals surface area (Å²) in [7, 11) is 0. The van der Waals surface area contributed by atoms with E-state index in [2.05, 4.69) is 27.0 Å². The molecule has 10 heavy (non-hydrogen) atoms. The minimum Gasteiger partial charge on any atom is -0.312 e. The number of hydrogen-bond donors (Lipinski definition) is 1. The molecule has 0 unspecified atom stereocenters. The lowest BCUT2D eigenvalue weighted by atomic mass is 10.3. The Morgan fingerprint density at radius 2 is 2.70 bits per heavy atom. The molecular formula is C6H10N4. The normalized spacial score (nSPS) is 24.3. The average molecular weight is 138 g/mol. The Morgan fingerprint density at radius 1 is 1.80 bits per heavy atom. The summed E-state index contributed by atoms with van der Waals surface area (Å²) in [6, 6.07) is 0.499. The van der Waals surface area contributed by atoms with Crippen LogP contribution in [-0.2, 0) is 6.54 Å². The van der Waals surface area contributed by atoms with Crippen LogP contribution in [0.4, 0.5) is 0 Å². The van der Waals surface area contributed by atoms with Gasteiger partial charge in [0.1, 0.15) is 12.2 Å². The summed E-state index contributed by atoms with van der Waals surface area (Å²) >= 11 is 0. The fraction of sp³-hybridized carbons (Fsp3) is 0.667. The molecule has 0 aromatic carbocycles. The highest BCUT2D eigenvalue weighted by Gasteiger charge is 2.14. The van der Waals surface area contributed by atoms with Crippen molar-refractivity contribution in [3.05, 3.63) is 12.2 Å². The molecule has 4 nitrogen and oxygen atoms in total. The molecular weight excluding hydrogens is 128 g/mol. The van der Waals surface area contributed by atoms with Gasteiger partial charge in [-0.1, -0.05) is 0 Å². The molecule has 54 valence electrons. The summed E-state index contributed by atoms with van der Waals surface area (Å²) in [5.74, 6) is 1.04. The molecule has 2 rings (SSSR count). The molecule has 0 spiro atoms. The third kappa shape index (κ3) is 0.724. The Kier molecular flexibility index (Phi) is 1.20. The maximum absolute atomic E-state index is 3.96. The predicted octanol–water partition coefficient (Wildman–Crippen LogP) is -0.0577. The molecule has 0 saturated carbocycles. The fourth-order valence-electron chi connectivity index (χ4n) is 1.25. The topological polar surface area (TPSA) is 42.7 Å². The maximum atomic E-state index is 3.96. The van der Waals surface area contributed by atoms with E-state index in [1.165, 1.54) is 0 Å². The second-order valence-electron chi connectivity index (χ2n) is 2.63. The van der Waals surface area contributed by atoms with Crippen molar-refractivity contribution >= 4 is 0 Å². The second kappa shape index (κ2) is 2.05. The molecule has 0 fully saturated rings. The van der Waals surface area contributed by atoms with E-state index < -0.39 is 0 Å². The lowest BCUT2D eigenvalue weighted by Gasteiger charge is -2.20. The fourth-order valence-corrected chi connectivity index (χ4v) is 1.25. The van der Waals surface area contributed by atoms with E-state index in [9.17, 15) is 0 Å². The Balaban J connectivity index is 2.41. The van der Waals surface area contributed by atoms with Crippen LogP contribution in [0.1, 0.15) is 18.8 Å². The molecule has 1 aromatic heterocycles. The van der Waals surface area contributed by atoms with Gasteiger partial charge in [-0.3, -0.25) is 0 Å². The number of nitrogens with one attached hydrogen (secondary N) is 1.